The molecule has 0 bridgehead atoms. The first-order chi connectivity index (χ1) is 17.5. The zero-order valence-corrected chi connectivity index (χ0v) is 21.7. The van der Waals surface area contributed by atoms with Gasteiger partial charge in [-0.3, -0.25) is 4.79 Å². The van der Waals surface area contributed by atoms with Crippen molar-refractivity contribution in [1.82, 2.24) is 14.8 Å². The van der Waals surface area contributed by atoms with Crippen molar-refractivity contribution in [2.24, 2.45) is 0 Å². The van der Waals surface area contributed by atoms with E-state index >= 15 is 0 Å². The maximum atomic E-state index is 13.5. The van der Waals surface area contributed by atoms with Crippen molar-refractivity contribution in [3.05, 3.63) is 94.1 Å². The normalized spacial score (nSPS) is 15.2. The number of aromatic nitrogens is 1. The van der Waals surface area contributed by atoms with Gasteiger partial charge in [-0.2, -0.15) is 0 Å². The molecule has 0 saturated carbocycles. The number of carbonyl (C=O) groups excluding carboxylic acids is 1. The summed E-state index contributed by atoms with van der Waals surface area (Å²) in [6, 6.07) is 21.1. The summed E-state index contributed by atoms with van der Waals surface area (Å²) < 4.78 is 6.11. The molecule has 7 heteroatoms. The second-order valence-electron chi connectivity index (χ2n) is 9.13. The molecule has 1 unspecified atom stereocenters. The predicted molar refractivity (Wildman–Crippen MR) is 146 cm³/mol. The quantitative estimate of drug-likeness (QED) is 0.286. The summed E-state index contributed by atoms with van der Waals surface area (Å²) in [4.78, 5) is 21.2. The van der Waals surface area contributed by atoms with Gasteiger partial charge in [0.05, 0.1) is 0 Å². The van der Waals surface area contributed by atoms with Crippen molar-refractivity contribution in [1.29, 1.82) is 0 Å². The summed E-state index contributed by atoms with van der Waals surface area (Å²) >= 11 is 12.4. The predicted octanol–water partition coefficient (Wildman–Crippen LogP) is 6.95. The number of piperazine rings is 1. The van der Waals surface area contributed by atoms with Crippen molar-refractivity contribution in [3.8, 4) is 11.5 Å². The molecule has 1 aromatic heterocycles. The lowest BCUT2D eigenvalue weighted by molar-refractivity contribution is -0.133. The molecule has 1 atom stereocenters. The van der Waals surface area contributed by atoms with Crippen LogP contribution in [-0.2, 0) is 4.79 Å². The van der Waals surface area contributed by atoms with Gasteiger partial charge < -0.3 is 19.5 Å². The minimum Gasteiger partial charge on any atom is -0.457 e. The van der Waals surface area contributed by atoms with E-state index in [1.165, 1.54) is 0 Å². The molecule has 1 amide bonds. The summed E-state index contributed by atoms with van der Waals surface area (Å²) in [7, 11) is 0. The van der Waals surface area contributed by atoms with E-state index in [-0.39, 0.29) is 11.8 Å². The standard InChI is InChI=1S/C29H29Cl2N3O2/c1-2-33-12-14-34(15-13-33)29(35)18-25(27-19-32-28-11-8-22(31)17-26(27)28)20-4-3-5-24(16-20)36-23-9-6-21(30)7-10-23/h3-11,16-17,19,25,32H,2,12-15,18H2,1H3. The Balaban J connectivity index is 1.47. The second kappa shape index (κ2) is 11.0. The number of likely N-dealkylation sites (N-methyl/N-ethyl adjacent to an activating group) is 1. The van der Waals surface area contributed by atoms with E-state index in [1.807, 2.05) is 59.6 Å². The highest BCUT2D eigenvalue weighted by Gasteiger charge is 2.27. The van der Waals surface area contributed by atoms with Gasteiger partial charge in [0.2, 0.25) is 5.91 Å². The molecule has 1 fully saturated rings. The lowest BCUT2D eigenvalue weighted by atomic mass is 9.87. The van der Waals surface area contributed by atoms with Crippen LogP contribution in [0.2, 0.25) is 10.0 Å². The van der Waals surface area contributed by atoms with Crippen molar-refractivity contribution in [2.75, 3.05) is 32.7 Å². The van der Waals surface area contributed by atoms with E-state index in [4.69, 9.17) is 27.9 Å². The van der Waals surface area contributed by atoms with Gasteiger partial charge >= 0.3 is 0 Å². The number of amides is 1. The lowest BCUT2D eigenvalue weighted by Crippen LogP contribution is -2.48. The zero-order chi connectivity index (χ0) is 25.1. The number of rotatable bonds is 7. The summed E-state index contributed by atoms with van der Waals surface area (Å²) in [5.41, 5.74) is 3.07. The van der Waals surface area contributed by atoms with Crippen molar-refractivity contribution in [3.63, 3.8) is 0 Å². The Hall–Kier alpha value is -2.99. The fraction of sp³-hybridized carbons (Fsp3) is 0.276. The van der Waals surface area contributed by atoms with Crippen molar-refractivity contribution >= 4 is 40.0 Å². The largest absolute Gasteiger partial charge is 0.457 e. The van der Waals surface area contributed by atoms with Gasteiger partial charge in [-0.15, -0.1) is 0 Å². The molecule has 0 aliphatic carbocycles. The van der Waals surface area contributed by atoms with Crippen LogP contribution in [0, 0.1) is 0 Å². The number of ether oxygens (including phenoxy) is 1. The van der Waals surface area contributed by atoms with E-state index in [2.05, 4.69) is 22.9 Å². The Bertz CT molecular complexity index is 1340. The Labute approximate surface area is 221 Å². The average Bonchev–Trinajstić information content (AvgIpc) is 3.31. The van der Waals surface area contributed by atoms with Gasteiger partial charge in [-0.05, 0) is 72.3 Å². The minimum atomic E-state index is -0.150. The molecular weight excluding hydrogens is 493 g/mol. The van der Waals surface area contributed by atoms with Crippen LogP contribution in [0.5, 0.6) is 11.5 Å². The number of nitrogens with one attached hydrogen (secondary N) is 1. The number of halogens is 2. The van der Waals surface area contributed by atoms with Gasteiger partial charge in [0.25, 0.3) is 0 Å². The topological polar surface area (TPSA) is 48.6 Å². The molecule has 36 heavy (non-hydrogen) atoms. The smallest absolute Gasteiger partial charge is 0.223 e. The molecular formula is C29H29Cl2N3O2. The molecule has 5 nitrogen and oxygen atoms in total. The van der Waals surface area contributed by atoms with Gasteiger partial charge in [-0.1, -0.05) is 42.3 Å². The molecule has 1 saturated heterocycles. The van der Waals surface area contributed by atoms with Gasteiger partial charge in [0, 0.05) is 65.7 Å². The minimum absolute atomic E-state index is 0.150. The number of hydrogen-bond donors (Lipinski definition) is 1. The summed E-state index contributed by atoms with van der Waals surface area (Å²) in [6.07, 6.45) is 2.37. The number of benzene rings is 3. The number of nitrogens with zero attached hydrogens (tertiary/aromatic N) is 2. The Kier molecular flexibility index (Phi) is 7.51. The number of carbonyl (C=O) groups is 1. The van der Waals surface area contributed by atoms with Crippen LogP contribution in [0.4, 0.5) is 0 Å². The summed E-state index contributed by atoms with van der Waals surface area (Å²) in [5, 5.41) is 2.36. The third kappa shape index (κ3) is 5.54. The Morgan fingerprint density at radius 3 is 2.44 bits per heavy atom. The highest BCUT2D eigenvalue weighted by atomic mass is 35.5. The molecule has 0 radical (unpaired) electrons. The van der Waals surface area contributed by atoms with Gasteiger partial charge in [0.15, 0.2) is 0 Å². The zero-order valence-electron chi connectivity index (χ0n) is 20.2. The maximum absolute atomic E-state index is 13.5. The van der Waals surface area contributed by atoms with Gasteiger partial charge in [0.1, 0.15) is 11.5 Å². The molecule has 4 aromatic rings. The van der Waals surface area contributed by atoms with E-state index in [0.717, 1.165) is 54.8 Å². The third-order valence-corrected chi connectivity index (χ3v) is 7.40. The summed E-state index contributed by atoms with van der Waals surface area (Å²) in [5.74, 6) is 1.43. The van der Waals surface area contributed by atoms with E-state index < -0.39 is 0 Å². The van der Waals surface area contributed by atoms with Crippen molar-refractivity contribution in [2.45, 2.75) is 19.3 Å². The van der Waals surface area contributed by atoms with Crippen LogP contribution in [0.1, 0.15) is 30.4 Å². The van der Waals surface area contributed by atoms with Crippen molar-refractivity contribution < 1.29 is 9.53 Å². The average molecular weight is 522 g/mol. The molecule has 0 spiro atoms. The molecule has 3 aromatic carbocycles. The van der Waals surface area contributed by atoms with E-state index in [0.29, 0.717) is 28.0 Å². The first kappa shape index (κ1) is 24.7. The highest BCUT2D eigenvalue weighted by Crippen LogP contribution is 2.37. The van der Waals surface area contributed by atoms with E-state index in [9.17, 15) is 4.79 Å². The number of aromatic amines is 1. The first-order valence-corrected chi connectivity index (χ1v) is 13.1. The Morgan fingerprint density at radius 2 is 1.69 bits per heavy atom. The fourth-order valence-corrected chi connectivity index (χ4v) is 5.16. The van der Waals surface area contributed by atoms with Crippen LogP contribution in [0.15, 0.2) is 72.9 Å². The molecule has 1 aliphatic heterocycles. The van der Waals surface area contributed by atoms with Gasteiger partial charge in [-0.25, -0.2) is 0 Å². The molecule has 1 aliphatic rings. The lowest BCUT2D eigenvalue weighted by Gasteiger charge is -2.35. The number of H-pyrrole nitrogens is 1. The second-order valence-corrected chi connectivity index (χ2v) is 10.0. The molecule has 5 rings (SSSR count). The maximum Gasteiger partial charge on any atom is 0.223 e. The van der Waals surface area contributed by atoms with Crippen LogP contribution >= 0.6 is 23.2 Å². The van der Waals surface area contributed by atoms with Crippen LogP contribution in [0.25, 0.3) is 10.9 Å². The SMILES string of the molecule is CCN1CCN(C(=O)CC(c2cccc(Oc3ccc(Cl)cc3)c2)c2c[nH]c3ccc(Cl)cc23)CC1. The van der Waals surface area contributed by atoms with Crippen LogP contribution < -0.4 is 4.74 Å². The number of hydrogen-bond acceptors (Lipinski definition) is 3. The monoisotopic (exact) mass is 521 g/mol. The highest BCUT2D eigenvalue weighted by molar-refractivity contribution is 6.31. The summed E-state index contributed by atoms with van der Waals surface area (Å²) in [6.45, 7) is 6.54. The van der Waals surface area contributed by atoms with E-state index in [1.54, 1.807) is 12.1 Å². The third-order valence-electron chi connectivity index (χ3n) is 6.91. The first-order valence-electron chi connectivity index (χ1n) is 12.3. The molecule has 2 heterocycles. The number of fused-ring (bicyclic) bond motifs is 1. The molecule has 186 valence electrons. The Morgan fingerprint density at radius 1 is 0.944 bits per heavy atom. The van der Waals surface area contributed by atoms with Crippen LogP contribution in [0.3, 0.4) is 0 Å². The molecule has 1 N–H and O–H groups in total. The van der Waals surface area contributed by atoms with Crippen LogP contribution in [-0.4, -0.2) is 53.4 Å². The fourth-order valence-electron chi connectivity index (χ4n) is 4.86.